The van der Waals surface area contributed by atoms with E-state index in [1.54, 1.807) is 60.7 Å². The molecule has 166 valence electrons. The van der Waals surface area contributed by atoms with Crippen molar-refractivity contribution in [2.75, 3.05) is 5.32 Å². The molecule has 0 bridgehead atoms. The average molecular weight is 443 g/mol. The fourth-order valence-electron chi connectivity index (χ4n) is 3.22. The molecule has 3 rings (SSSR count). The Bertz CT molecular complexity index is 1040. The number of nitrogens with one attached hydrogen (secondary N) is 3. The van der Waals surface area contributed by atoms with Gasteiger partial charge in [-0.2, -0.15) is 13.2 Å². The van der Waals surface area contributed by atoms with Gasteiger partial charge in [0.2, 0.25) is 0 Å². The highest BCUT2D eigenvalue weighted by molar-refractivity contribution is 5.89. The summed E-state index contributed by atoms with van der Waals surface area (Å²) in [4.78, 5) is 24.2. The number of rotatable bonds is 6. The number of carbonyl (C=O) groups excluding carboxylic acids is 1. The zero-order chi connectivity index (χ0) is 23.1. The van der Waals surface area contributed by atoms with E-state index in [1.807, 2.05) is 0 Å². The first-order valence-corrected chi connectivity index (χ1v) is 9.58. The molecule has 6 nitrogen and oxygen atoms in total. The van der Waals surface area contributed by atoms with Gasteiger partial charge in [0.1, 0.15) is 0 Å². The third-order valence-corrected chi connectivity index (χ3v) is 4.69. The van der Waals surface area contributed by atoms with Crippen molar-refractivity contribution in [1.29, 1.82) is 0 Å². The number of hydrogen-bond donors (Lipinski definition) is 4. The van der Waals surface area contributed by atoms with Gasteiger partial charge in [0, 0.05) is 5.69 Å². The first-order chi connectivity index (χ1) is 15.2. The van der Waals surface area contributed by atoms with Crippen LogP contribution in [0.25, 0.3) is 0 Å². The summed E-state index contributed by atoms with van der Waals surface area (Å²) in [7, 11) is 0. The second-order valence-corrected chi connectivity index (χ2v) is 6.90. The first kappa shape index (κ1) is 22.7. The summed E-state index contributed by atoms with van der Waals surface area (Å²) in [5.74, 6) is 0. The van der Waals surface area contributed by atoms with Gasteiger partial charge in [-0.1, -0.05) is 60.7 Å². The van der Waals surface area contributed by atoms with Gasteiger partial charge in [-0.3, -0.25) is 0 Å². The van der Waals surface area contributed by atoms with Crippen molar-refractivity contribution in [3.05, 3.63) is 102 Å². The standard InChI is InChI=1S/C23H20F3N3O3/c24-23(25,26)17-11-13-18(14-12-17)27-21(30)28-19(15-7-3-1-4-8-15)20(29-22(31)32)16-9-5-2-6-10-16/h1-14,19-20,29H,(H,31,32)(H2,27,28,30)/t19-,20-/m1/s1. The molecular formula is C23H20F3N3O3. The van der Waals surface area contributed by atoms with Gasteiger partial charge in [0.15, 0.2) is 0 Å². The van der Waals surface area contributed by atoms with E-state index < -0.39 is 35.9 Å². The average Bonchev–Trinajstić information content (AvgIpc) is 2.77. The summed E-state index contributed by atoms with van der Waals surface area (Å²) >= 11 is 0. The number of amides is 3. The molecule has 3 amide bonds. The van der Waals surface area contributed by atoms with Crippen LogP contribution in [0.15, 0.2) is 84.9 Å². The van der Waals surface area contributed by atoms with Crippen LogP contribution in [0.4, 0.5) is 28.4 Å². The fourth-order valence-corrected chi connectivity index (χ4v) is 3.22. The summed E-state index contributed by atoms with van der Waals surface area (Å²) in [6.07, 6.45) is -5.75. The van der Waals surface area contributed by atoms with Crippen molar-refractivity contribution in [1.82, 2.24) is 10.6 Å². The molecular weight excluding hydrogens is 423 g/mol. The minimum atomic E-state index is -4.48. The van der Waals surface area contributed by atoms with E-state index >= 15 is 0 Å². The molecule has 2 atom stereocenters. The Balaban J connectivity index is 1.85. The fraction of sp³-hybridized carbons (Fsp3) is 0.130. The van der Waals surface area contributed by atoms with E-state index in [0.29, 0.717) is 11.1 Å². The molecule has 0 saturated heterocycles. The normalized spacial score (nSPS) is 13.0. The quantitative estimate of drug-likeness (QED) is 0.401. The minimum absolute atomic E-state index is 0.157. The minimum Gasteiger partial charge on any atom is -0.465 e. The number of carbonyl (C=O) groups is 2. The molecule has 0 aliphatic heterocycles. The number of carboxylic acid groups (broad SMARTS) is 1. The Kier molecular flexibility index (Phi) is 6.99. The third-order valence-electron chi connectivity index (χ3n) is 4.69. The maximum Gasteiger partial charge on any atom is 0.416 e. The Labute approximate surface area is 182 Å². The molecule has 0 saturated carbocycles. The Morgan fingerprint density at radius 1 is 0.719 bits per heavy atom. The molecule has 0 radical (unpaired) electrons. The van der Waals surface area contributed by atoms with Crippen LogP contribution >= 0.6 is 0 Å². The molecule has 0 aliphatic carbocycles. The molecule has 4 N–H and O–H groups in total. The molecule has 32 heavy (non-hydrogen) atoms. The van der Waals surface area contributed by atoms with Crippen molar-refractivity contribution in [3.63, 3.8) is 0 Å². The number of halogens is 3. The predicted molar refractivity (Wildman–Crippen MR) is 113 cm³/mol. The van der Waals surface area contributed by atoms with Crippen LogP contribution in [0.3, 0.4) is 0 Å². The lowest BCUT2D eigenvalue weighted by Crippen LogP contribution is -2.41. The lowest BCUT2D eigenvalue weighted by Gasteiger charge is -2.29. The Morgan fingerprint density at radius 3 is 1.62 bits per heavy atom. The highest BCUT2D eigenvalue weighted by Gasteiger charge is 2.30. The lowest BCUT2D eigenvalue weighted by molar-refractivity contribution is -0.137. The number of benzene rings is 3. The molecule has 0 unspecified atom stereocenters. The zero-order valence-electron chi connectivity index (χ0n) is 16.6. The highest BCUT2D eigenvalue weighted by Crippen LogP contribution is 2.31. The van der Waals surface area contributed by atoms with Crippen molar-refractivity contribution < 1.29 is 27.9 Å². The first-order valence-electron chi connectivity index (χ1n) is 9.58. The van der Waals surface area contributed by atoms with Gasteiger partial charge < -0.3 is 21.1 Å². The number of alkyl halides is 3. The summed E-state index contributed by atoms with van der Waals surface area (Å²) in [5.41, 5.74) is 0.585. The monoisotopic (exact) mass is 443 g/mol. The molecule has 3 aromatic rings. The maximum atomic E-state index is 12.7. The topological polar surface area (TPSA) is 90.5 Å². The Morgan fingerprint density at radius 2 is 1.19 bits per heavy atom. The van der Waals surface area contributed by atoms with Crippen LogP contribution in [0, 0.1) is 0 Å². The van der Waals surface area contributed by atoms with Gasteiger partial charge in [-0.25, -0.2) is 9.59 Å². The highest BCUT2D eigenvalue weighted by atomic mass is 19.4. The summed E-state index contributed by atoms with van der Waals surface area (Å²) in [6, 6.07) is 19.2. The third kappa shape index (κ3) is 6.00. The number of anilines is 1. The van der Waals surface area contributed by atoms with Gasteiger partial charge >= 0.3 is 18.3 Å². The zero-order valence-corrected chi connectivity index (χ0v) is 16.6. The SMILES string of the molecule is O=C(O)N[C@H](c1ccccc1)[C@H](NC(=O)Nc1ccc(C(F)(F)F)cc1)c1ccccc1. The molecule has 0 heterocycles. The summed E-state index contributed by atoms with van der Waals surface area (Å²) in [6.45, 7) is 0. The van der Waals surface area contributed by atoms with E-state index in [9.17, 15) is 27.9 Å². The number of urea groups is 1. The van der Waals surface area contributed by atoms with Gasteiger partial charge in [-0.15, -0.1) is 0 Å². The Hall–Kier alpha value is -4.01. The van der Waals surface area contributed by atoms with Crippen LogP contribution in [0.1, 0.15) is 28.8 Å². The van der Waals surface area contributed by atoms with Crippen molar-refractivity contribution in [3.8, 4) is 0 Å². The van der Waals surface area contributed by atoms with E-state index in [0.717, 1.165) is 24.3 Å². The lowest BCUT2D eigenvalue weighted by atomic mass is 9.93. The van der Waals surface area contributed by atoms with E-state index in [2.05, 4.69) is 16.0 Å². The summed E-state index contributed by atoms with van der Waals surface area (Å²) in [5, 5.41) is 17.0. The van der Waals surface area contributed by atoms with Crippen molar-refractivity contribution in [2.45, 2.75) is 18.3 Å². The van der Waals surface area contributed by atoms with Crippen molar-refractivity contribution >= 4 is 17.8 Å². The van der Waals surface area contributed by atoms with Crippen LogP contribution < -0.4 is 16.0 Å². The molecule has 0 spiro atoms. The van der Waals surface area contributed by atoms with Crippen LogP contribution in [0.5, 0.6) is 0 Å². The van der Waals surface area contributed by atoms with Gasteiger partial charge in [-0.05, 0) is 35.4 Å². The van der Waals surface area contributed by atoms with Crippen LogP contribution in [-0.2, 0) is 6.18 Å². The van der Waals surface area contributed by atoms with E-state index in [4.69, 9.17) is 0 Å². The van der Waals surface area contributed by atoms with Crippen molar-refractivity contribution in [2.24, 2.45) is 0 Å². The van der Waals surface area contributed by atoms with E-state index in [-0.39, 0.29) is 5.69 Å². The predicted octanol–water partition coefficient (Wildman–Crippen LogP) is 5.58. The maximum absolute atomic E-state index is 12.7. The second kappa shape index (κ2) is 9.86. The molecule has 9 heteroatoms. The van der Waals surface area contributed by atoms with Gasteiger partial charge in [0.25, 0.3) is 0 Å². The largest absolute Gasteiger partial charge is 0.465 e. The summed E-state index contributed by atoms with van der Waals surface area (Å²) < 4.78 is 38.2. The van der Waals surface area contributed by atoms with Gasteiger partial charge in [0.05, 0.1) is 17.6 Å². The smallest absolute Gasteiger partial charge is 0.416 e. The van der Waals surface area contributed by atoms with E-state index in [1.165, 1.54) is 0 Å². The van der Waals surface area contributed by atoms with Crippen LogP contribution in [0.2, 0.25) is 0 Å². The molecule has 0 fully saturated rings. The second-order valence-electron chi connectivity index (χ2n) is 6.90. The number of hydrogen-bond acceptors (Lipinski definition) is 2. The van der Waals surface area contributed by atoms with Crippen LogP contribution in [-0.4, -0.2) is 17.2 Å². The molecule has 0 aliphatic rings. The molecule has 3 aromatic carbocycles. The molecule has 0 aromatic heterocycles.